The maximum atomic E-state index is 11.5. The smallest absolute Gasteiger partial charge is 0.352 e. The van der Waals surface area contributed by atoms with E-state index in [4.69, 9.17) is 5.11 Å². The molecule has 1 aliphatic heterocycles. The van der Waals surface area contributed by atoms with Gasteiger partial charge in [-0.1, -0.05) is 6.07 Å². The summed E-state index contributed by atoms with van der Waals surface area (Å²) in [6, 6.07) is 4.83. The van der Waals surface area contributed by atoms with E-state index in [0.717, 1.165) is 0 Å². The molecule has 2 aromatic heterocycles. The van der Waals surface area contributed by atoms with Crippen LogP contribution in [0.1, 0.15) is 28.5 Å². The van der Waals surface area contributed by atoms with Gasteiger partial charge in [-0.3, -0.25) is 4.40 Å². The first-order chi connectivity index (χ1) is 8.96. The second-order valence-corrected chi connectivity index (χ2v) is 6.94. The van der Waals surface area contributed by atoms with Gasteiger partial charge >= 0.3 is 5.97 Å². The number of fused-ring (bicyclic) bond motifs is 1. The Labute approximate surface area is 109 Å². The minimum Gasteiger partial charge on any atom is -0.477 e. The van der Waals surface area contributed by atoms with E-state index in [0.29, 0.717) is 17.8 Å². The number of imidazole rings is 1. The highest BCUT2D eigenvalue weighted by Gasteiger charge is 2.30. The third-order valence-electron chi connectivity index (χ3n) is 3.38. The molecule has 0 spiro atoms. The van der Waals surface area contributed by atoms with Crippen LogP contribution < -0.4 is 0 Å². The SMILES string of the molecule is O=C(O)c1cccc2nc(C3CCS(=O)(=O)C3)cn12. The average molecular weight is 280 g/mol. The molecule has 2 aromatic rings. The zero-order valence-corrected chi connectivity index (χ0v) is 10.8. The van der Waals surface area contributed by atoms with E-state index in [1.807, 2.05) is 0 Å². The van der Waals surface area contributed by atoms with E-state index in [1.54, 1.807) is 18.3 Å². The second-order valence-electron chi connectivity index (χ2n) is 4.71. The highest BCUT2D eigenvalue weighted by Crippen LogP contribution is 2.28. The summed E-state index contributed by atoms with van der Waals surface area (Å²) in [5.74, 6) is -0.892. The number of nitrogens with zero attached hydrogens (tertiary/aromatic N) is 2. The number of hydrogen-bond donors (Lipinski definition) is 1. The zero-order valence-electron chi connectivity index (χ0n) is 9.98. The van der Waals surface area contributed by atoms with Crippen molar-refractivity contribution in [2.24, 2.45) is 0 Å². The van der Waals surface area contributed by atoms with E-state index in [2.05, 4.69) is 4.98 Å². The molecule has 19 heavy (non-hydrogen) atoms. The van der Waals surface area contributed by atoms with Crippen molar-refractivity contribution in [1.82, 2.24) is 9.38 Å². The van der Waals surface area contributed by atoms with Crippen LogP contribution in [-0.4, -0.2) is 40.4 Å². The van der Waals surface area contributed by atoms with Crippen molar-refractivity contribution in [3.63, 3.8) is 0 Å². The van der Waals surface area contributed by atoms with Gasteiger partial charge in [-0.2, -0.15) is 0 Å². The van der Waals surface area contributed by atoms with Crippen LogP contribution in [0.3, 0.4) is 0 Å². The van der Waals surface area contributed by atoms with E-state index >= 15 is 0 Å². The summed E-state index contributed by atoms with van der Waals surface area (Å²) in [7, 11) is -2.97. The van der Waals surface area contributed by atoms with E-state index < -0.39 is 15.8 Å². The first-order valence-corrected chi connectivity index (χ1v) is 7.70. The third kappa shape index (κ3) is 2.10. The highest BCUT2D eigenvalue weighted by atomic mass is 32.2. The summed E-state index contributed by atoms with van der Waals surface area (Å²) < 4.78 is 24.4. The van der Waals surface area contributed by atoms with Crippen LogP contribution in [0.2, 0.25) is 0 Å². The molecule has 6 nitrogen and oxygen atoms in total. The lowest BCUT2D eigenvalue weighted by atomic mass is 10.1. The lowest BCUT2D eigenvalue weighted by Gasteiger charge is -2.01. The van der Waals surface area contributed by atoms with Crippen LogP contribution in [0, 0.1) is 0 Å². The van der Waals surface area contributed by atoms with Gasteiger partial charge in [0.05, 0.1) is 17.2 Å². The second kappa shape index (κ2) is 4.06. The van der Waals surface area contributed by atoms with E-state index in [1.165, 1.54) is 10.5 Å². The first-order valence-electron chi connectivity index (χ1n) is 5.88. The Balaban J connectivity index is 2.08. The maximum absolute atomic E-state index is 11.5. The fraction of sp³-hybridized carbons (Fsp3) is 0.333. The number of carbonyl (C=O) groups is 1. The molecule has 0 saturated carbocycles. The topological polar surface area (TPSA) is 88.7 Å². The number of rotatable bonds is 2. The van der Waals surface area contributed by atoms with Gasteiger partial charge in [-0.05, 0) is 18.6 Å². The largest absolute Gasteiger partial charge is 0.477 e. The van der Waals surface area contributed by atoms with Crippen molar-refractivity contribution in [3.8, 4) is 0 Å². The summed E-state index contributed by atoms with van der Waals surface area (Å²) >= 11 is 0. The summed E-state index contributed by atoms with van der Waals surface area (Å²) in [6.07, 6.45) is 2.18. The van der Waals surface area contributed by atoms with Gasteiger partial charge < -0.3 is 5.11 Å². The van der Waals surface area contributed by atoms with Gasteiger partial charge in [0.25, 0.3) is 0 Å². The fourth-order valence-electron chi connectivity index (χ4n) is 2.43. The van der Waals surface area contributed by atoms with Crippen molar-refractivity contribution in [1.29, 1.82) is 0 Å². The molecule has 0 radical (unpaired) electrons. The van der Waals surface area contributed by atoms with Crippen molar-refractivity contribution in [3.05, 3.63) is 35.8 Å². The van der Waals surface area contributed by atoms with Crippen molar-refractivity contribution >= 4 is 21.5 Å². The molecule has 1 unspecified atom stereocenters. The number of sulfone groups is 1. The minimum atomic E-state index is -2.97. The lowest BCUT2D eigenvalue weighted by molar-refractivity contribution is 0.0689. The van der Waals surface area contributed by atoms with Crippen LogP contribution in [0.15, 0.2) is 24.4 Å². The van der Waals surface area contributed by atoms with Crippen LogP contribution in [0.5, 0.6) is 0 Å². The summed E-state index contributed by atoms with van der Waals surface area (Å²) in [4.78, 5) is 15.4. The molecule has 1 fully saturated rings. The predicted molar refractivity (Wildman–Crippen MR) is 68.2 cm³/mol. The number of aromatic carboxylic acids is 1. The molecule has 100 valence electrons. The lowest BCUT2D eigenvalue weighted by Crippen LogP contribution is -2.04. The Bertz CT molecular complexity index is 763. The zero-order chi connectivity index (χ0) is 13.6. The first kappa shape index (κ1) is 12.2. The summed E-state index contributed by atoms with van der Waals surface area (Å²) in [6.45, 7) is 0. The Morgan fingerprint density at radius 1 is 1.42 bits per heavy atom. The molecule has 0 aromatic carbocycles. The molecule has 3 heterocycles. The molecule has 0 aliphatic carbocycles. The van der Waals surface area contributed by atoms with Crippen molar-refractivity contribution in [2.75, 3.05) is 11.5 Å². The molecule has 7 heteroatoms. The Kier molecular flexibility index (Phi) is 2.60. The van der Waals surface area contributed by atoms with Gasteiger partial charge in [0.15, 0.2) is 9.84 Å². The molecule has 0 amide bonds. The van der Waals surface area contributed by atoms with Gasteiger partial charge in [-0.25, -0.2) is 18.2 Å². The molecule has 1 atom stereocenters. The van der Waals surface area contributed by atoms with Crippen LogP contribution in [0.4, 0.5) is 0 Å². The van der Waals surface area contributed by atoms with Crippen molar-refractivity contribution < 1.29 is 18.3 Å². The van der Waals surface area contributed by atoms with Gasteiger partial charge in [0, 0.05) is 12.1 Å². The number of hydrogen-bond acceptors (Lipinski definition) is 4. The minimum absolute atomic E-state index is 0.0965. The van der Waals surface area contributed by atoms with Gasteiger partial charge in [-0.15, -0.1) is 0 Å². The molecule has 3 rings (SSSR count). The fourth-order valence-corrected chi connectivity index (χ4v) is 4.19. The highest BCUT2D eigenvalue weighted by molar-refractivity contribution is 7.91. The molecule has 1 aliphatic rings. The van der Waals surface area contributed by atoms with Crippen molar-refractivity contribution in [2.45, 2.75) is 12.3 Å². The van der Waals surface area contributed by atoms with Gasteiger partial charge in [0.1, 0.15) is 11.3 Å². The van der Waals surface area contributed by atoms with Gasteiger partial charge in [0.2, 0.25) is 0 Å². The Morgan fingerprint density at radius 3 is 2.84 bits per heavy atom. The third-order valence-corrected chi connectivity index (χ3v) is 5.15. The standard InChI is InChI=1S/C12H12N2O4S/c15-12(16)10-2-1-3-11-13-9(6-14(10)11)8-4-5-19(17,18)7-8/h1-3,6,8H,4-5,7H2,(H,15,16). The number of carboxylic acids is 1. The molecule has 1 N–H and O–H groups in total. The molecule has 1 saturated heterocycles. The Morgan fingerprint density at radius 2 is 2.21 bits per heavy atom. The van der Waals surface area contributed by atoms with Crippen LogP contribution in [-0.2, 0) is 9.84 Å². The quantitative estimate of drug-likeness (QED) is 0.884. The average Bonchev–Trinajstić information content (AvgIpc) is 2.90. The summed E-state index contributed by atoms with van der Waals surface area (Å²) in [5.41, 5.74) is 1.30. The normalized spacial score (nSPS) is 21.8. The summed E-state index contributed by atoms with van der Waals surface area (Å²) in [5, 5.41) is 9.10. The molecular formula is C12H12N2O4S. The van der Waals surface area contributed by atoms with Crippen LogP contribution in [0.25, 0.3) is 5.65 Å². The van der Waals surface area contributed by atoms with E-state index in [9.17, 15) is 13.2 Å². The Hall–Kier alpha value is -1.89. The van der Waals surface area contributed by atoms with E-state index in [-0.39, 0.29) is 23.1 Å². The van der Waals surface area contributed by atoms with Crippen LogP contribution >= 0.6 is 0 Å². The monoisotopic (exact) mass is 280 g/mol. The maximum Gasteiger partial charge on any atom is 0.352 e. The number of aromatic nitrogens is 2. The number of carboxylic acid groups (broad SMARTS) is 1. The molecular weight excluding hydrogens is 268 g/mol. The molecule has 0 bridgehead atoms. The number of pyridine rings is 1. The predicted octanol–water partition coefficient (Wildman–Crippen LogP) is 0.935.